The van der Waals surface area contributed by atoms with Gasteiger partial charge in [0.1, 0.15) is 0 Å². The van der Waals surface area contributed by atoms with Crippen molar-refractivity contribution < 1.29 is 5.11 Å². The van der Waals surface area contributed by atoms with Gasteiger partial charge < -0.3 is 5.11 Å². The highest BCUT2D eigenvalue weighted by molar-refractivity contribution is 5.00. The Morgan fingerprint density at radius 2 is 2.12 bits per heavy atom. The SMILES string of the molecule is CC(C)C1(O)CN(Cc2nnnn2C2CC2)C1. The van der Waals surface area contributed by atoms with Crippen molar-refractivity contribution in [2.45, 2.75) is 44.9 Å². The van der Waals surface area contributed by atoms with Crippen LogP contribution in [0, 0.1) is 5.92 Å². The fourth-order valence-electron chi connectivity index (χ4n) is 2.32. The molecule has 17 heavy (non-hydrogen) atoms. The summed E-state index contributed by atoms with van der Waals surface area (Å²) in [6.07, 6.45) is 2.38. The minimum Gasteiger partial charge on any atom is -0.387 e. The van der Waals surface area contributed by atoms with Gasteiger partial charge in [-0.2, -0.15) is 0 Å². The van der Waals surface area contributed by atoms with Gasteiger partial charge in [0.25, 0.3) is 0 Å². The summed E-state index contributed by atoms with van der Waals surface area (Å²) in [4.78, 5) is 2.20. The fraction of sp³-hybridized carbons (Fsp3) is 0.909. The molecule has 0 amide bonds. The average Bonchev–Trinajstić information content (AvgIpc) is 2.97. The quantitative estimate of drug-likeness (QED) is 0.811. The Labute approximate surface area is 101 Å². The zero-order chi connectivity index (χ0) is 12.0. The van der Waals surface area contributed by atoms with E-state index in [1.54, 1.807) is 0 Å². The van der Waals surface area contributed by atoms with Crippen molar-refractivity contribution in [1.29, 1.82) is 0 Å². The Hall–Kier alpha value is -1.01. The number of tetrazole rings is 1. The monoisotopic (exact) mass is 237 g/mol. The van der Waals surface area contributed by atoms with Gasteiger partial charge in [-0.15, -0.1) is 5.10 Å². The number of aromatic nitrogens is 4. The molecule has 6 heteroatoms. The Balaban J connectivity index is 1.60. The van der Waals surface area contributed by atoms with Crippen LogP contribution in [0.5, 0.6) is 0 Å². The number of likely N-dealkylation sites (tertiary alicyclic amines) is 1. The molecule has 0 spiro atoms. The second kappa shape index (κ2) is 3.74. The zero-order valence-corrected chi connectivity index (χ0v) is 10.4. The summed E-state index contributed by atoms with van der Waals surface area (Å²) in [6.45, 7) is 6.32. The van der Waals surface area contributed by atoms with Crippen LogP contribution >= 0.6 is 0 Å². The molecule has 0 bridgehead atoms. The maximum absolute atomic E-state index is 10.2. The molecule has 1 saturated heterocycles. The fourth-order valence-corrected chi connectivity index (χ4v) is 2.32. The molecule has 0 atom stereocenters. The first kappa shape index (κ1) is 11.1. The first-order valence-corrected chi connectivity index (χ1v) is 6.30. The average molecular weight is 237 g/mol. The molecular formula is C11H19N5O. The minimum atomic E-state index is -0.516. The molecule has 0 aromatic carbocycles. The van der Waals surface area contributed by atoms with Crippen LogP contribution in [0.25, 0.3) is 0 Å². The van der Waals surface area contributed by atoms with E-state index in [9.17, 15) is 5.11 Å². The summed E-state index contributed by atoms with van der Waals surface area (Å²) in [5.41, 5.74) is -0.516. The molecule has 1 saturated carbocycles. The third-order valence-corrected chi connectivity index (χ3v) is 3.89. The molecule has 2 fully saturated rings. The molecular weight excluding hydrogens is 218 g/mol. The van der Waals surface area contributed by atoms with Crippen molar-refractivity contribution in [2.24, 2.45) is 5.92 Å². The van der Waals surface area contributed by atoms with Gasteiger partial charge >= 0.3 is 0 Å². The van der Waals surface area contributed by atoms with Gasteiger partial charge in [-0.1, -0.05) is 13.8 Å². The topological polar surface area (TPSA) is 67.1 Å². The zero-order valence-electron chi connectivity index (χ0n) is 10.4. The standard InChI is InChI=1S/C11H19N5O/c1-8(2)11(17)6-15(7-11)5-10-12-13-14-16(10)9-3-4-9/h8-9,17H,3-7H2,1-2H3. The van der Waals surface area contributed by atoms with Crippen LogP contribution in [0.2, 0.25) is 0 Å². The highest BCUT2D eigenvalue weighted by Crippen LogP contribution is 2.35. The number of nitrogens with zero attached hydrogens (tertiary/aromatic N) is 5. The van der Waals surface area contributed by atoms with E-state index in [4.69, 9.17) is 0 Å². The smallest absolute Gasteiger partial charge is 0.165 e. The molecule has 1 aliphatic carbocycles. The maximum atomic E-state index is 10.2. The molecule has 3 rings (SSSR count). The number of hydrogen-bond acceptors (Lipinski definition) is 5. The second-order valence-corrected chi connectivity index (χ2v) is 5.67. The van der Waals surface area contributed by atoms with Crippen LogP contribution in [0.4, 0.5) is 0 Å². The molecule has 6 nitrogen and oxygen atoms in total. The van der Waals surface area contributed by atoms with Gasteiger partial charge in [-0.25, -0.2) is 4.68 Å². The molecule has 0 unspecified atom stereocenters. The van der Waals surface area contributed by atoms with Gasteiger partial charge in [0.05, 0.1) is 18.2 Å². The predicted molar refractivity (Wildman–Crippen MR) is 61.2 cm³/mol. The van der Waals surface area contributed by atoms with Gasteiger partial charge in [0, 0.05) is 13.1 Å². The van der Waals surface area contributed by atoms with Crippen molar-refractivity contribution in [3.05, 3.63) is 5.82 Å². The van der Waals surface area contributed by atoms with Crippen molar-refractivity contribution >= 4 is 0 Å². The third-order valence-electron chi connectivity index (χ3n) is 3.89. The van der Waals surface area contributed by atoms with Crippen LogP contribution in [0.3, 0.4) is 0 Å². The molecule has 2 heterocycles. The lowest BCUT2D eigenvalue weighted by molar-refractivity contribution is -0.131. The van der Waals surface area contributed by atoms with E-state index in [0.717, 1.165) is 25.5 Å². The summed E-state index contributed by atoms with van der Waals surface area (Å²) in [5.74, 6) is 1.23. The Bertz CT molecular complexity index is 406. The van der Waals surface area contributed by atoms with E-state index in [2.05, 4.69) is 34.3 Å². The van der Waals surface area contributed by atoms with E-state index in [1.807, 2.05) is 4.68 Å². The minimum absolute atomic E-state index is 0.304. The highest BCUT2D eigenvalue weighted by atomic mass is 16.3. The second-order valence-electron chi connectivity index (χ2n) is 5.67. The highest BCUT2D eigenvalue weighted by Gasteiger charge is 2.44. The molecule has 1 aromatic rings. The Morgan fingerprint density at radius 1 is 1.41 bits per heavy atom. The van der Waals surface area contributed by atoms with Gasteiger partial charge in [0.2, 0.25) is 0 Å². The van der Waals surface area contributed by atoms with Gasteiger partial charge in [-0.3, -0.25) is 4.90 Å². The third kappa shape index (κ3) is 1.95. The lowest BCUT2D eigenvalue weighted by atomic mass is 9.83. The summed E-state index contributed by atoms with van der Waals surface area (Å²) >= 11 is 0. The molecule has 2 aliphatic rings. The Morgan fingerprint density at radius 3 is 2.71 bits per heavy atom. The van der Waals surface area contributed by atoms with Gasteiger partial charge in [-0.05, 0) is 29.2 Å². The van der Waals surface area contributed by atoms with Crippen LogP contribution in [0.1, 0.15) is 38.6 Å². The van der Waals surface area contributed by atoms with E-state index in [0.29, 0.717) is 12.0 Å². The van der Waals surface area contributed by atoms with Crippen molar-refractivity contribution in [3.8, 4) is 0 Å². The first-order valence-electron chi connectivity index (χ1n) is 6.30. The number of β-amino-alcohol motifs (C(OH)–C–C–N with tert-alkyl or cyclic N) is 1. The van der Waals surface area contributed by atoms with Crippen LogP contribution in [-0.4, -0.2) is 48.9 Å². The van der Waals surface area contributed by atoms with Crippen LogP contribution < -0.4 is 0 Å². The van der Waals surface area contributed by atoms with Gasteiger partial charge in [0.15, 0.2) is 5.82 Å². The molecule has 1 aromatic heterocycles. The number of aliphatic hydroxyl groups is 1. The molecule has 1 aliphatic heterocycles. The summed E-state index contributed by atoms with van der Waals surface area (Å²) in [7, 11) is 0. The van der Waals surface area contributed by atoms with E-state index < -0.39 is 5.60 Å². The number of hydrogen-bond donors (Lipinski definition) is 1. The molecule has 1 N–H and O–H groups in total. The van der Waals surface area contributed by atoms with Crippen molar-refractivity contribution in [1.82, 2.24) is 25.1 Å². The summed E-state index contributed by atoms with van der Waals surface area (Å²) < 4.78 is 1.94. The lowest BCUT2D eigenvalue weighted by Crippen LogP contribution is -2.64. The Kier molecular flexibility index (Phi) is 2.45. The maximum Gasteiger partial charge on any atom is 0.165 e. The molecule has 94 valence electrons. The first-order chi connectivity index (χ1) is 8.08. The summed E-state index contributed by atoms with van der Waals surface area (Å²) in [5, 5.41) is 22.0. The summed E-state index contributed by atoms with van der Waals surface area (Å²) in [6, 6.07) is 0.519. The van der Waals surface area contributed by atoms with E-state index >= 15 is 0 Å². The van der Waals surface area contributed by atoms with Crippen molar-refractivity contribution in [3.63, 3.8) is 0 Å². The number of rotatable bonds is 4. The van der Waals surface area contributed by atoms with E-state index in [1.165, 1.54) is 12.8 Å². The largest absolute Gasteiger partial charge is 0.387 e. The van der Waals surface area contributed by atoms with Crippen LogP contribution in [0.15, 0.2) is 0 Å². The lowest BCUT2D eigenvalue weighted by Gasteiger charge is -2.48. The van der Waals surface area contributed by atoms with Crippen LogP contribution in [-0.2, 0) is 6.54 Å². The normalized spacial score (nSPS) is 24.0. The van der Waals surface area contributed by atoms with Crippen molar-refractivity contribution in [2.75, 3.05) is 13.1 Å². The molecule has 0 radical (unpaired) electrons. The van der Waals surface area contributed by atoms with E-state index in [-0.39, 0.29) is 0 Å². The predicted octanol–water partition coefficient (Wildman–Crippen LogP) is 0.211.